The first-order valence-electron chi connectivity index (χ1n) is 9.10. The zero-order valence-corrected chi connectivity index (χ0v) is 17.0. The summed E-state index contributed by atoms with van der Waals surface area (Å²) in [5.41, 5.74) is 1.30. The van der Waals surface area contributed by atoms with Crippen LogP contribution in [0.4, 0.5) is 26.3 Å². The molecule has 30 heavy (non-hydrogen) atoms. The second-order valence-corrected chi connectivity index (χ2v) is 8.50. The van der Waals surface area contributed by atoms with Gasteiger partial charge in [-0.3, -0.25) is 0 Å². The van der Waals surface area contributed by atoms with Crippen molar-refractivity contribution in [2.75, 3.05) is 0 Å². The number of halogens is 6. The third-order valence-corrected chi connectivity index (χ3v) is 6.14. The summed E-state index contributed by atoms with van der Waals surface area (Å²) in [4.78, 5) is 4.10. The lowest BCUT2D eigenvalue weighted by Gasteiger charge is -2.07. The minimum Gasteiger partial charge on any atom is -0.171 e. The standard InChI is InChI=1S/C19H17S.C4H4F6/c1-16-12-14-19(15-13-16)20(17-8-4-2-5-9-17)18-10-6-3-7-11-18;5-3(6,7)1-2-4(8,9)10/h2-15H,1H3;1-2H2/q+1;. The Morgan fingerprint density at radius 2 is 0.867 bits per heavy atom. The molecule has 0 aliphatic heterocycles. The smallest absolute Gasteiger partial charge is 0.171 e. The van der Waals surface area contributed by atoms with Crippen LogP contribution in [-0.4, -0.2) is 12.4 Å². The van der Waals surface area contributed by atoms with Crippen molar-refractivity contribution >= 4 is 10.9 Å². The molecule has 0 aliphatic rings. The molecular formula is C23H21F6S+. The van der Waals surface area contributed by atoms with Crippen LogP contribution in [0.5, 0.6) is 0 Å². The van der Waals surface area contributed by atoms with Gasteiger partial charge >= 0.3 is 12.4 Å². The Morgan fingerprint density at radius 3 is 1.20 bits per heavy atom. The van der Waals surface area contributed by atoms with Crippen LogP contribution in [0.15, 0.2) is 99.6 Å². The van der Waals surface area contributed by atoms with Crippen molar-refractivity contribution in [3.8, 4) is 0 Å². The number of rotatable bonds is 4. The first-order valence-corrected chi connectivity index (χ1v) is 10.3. The molecule has 0 nitrogen and oxygen atoms in total. The highest BCUT2D eigenvalue weighted by Gasteiger charge is 2.36. The average Bonchev–Trinajstić information content (AvgIpc) is 2.69. The van der Waals surface area contributed by atoms with E-state index < -0.39 is 25.2 Å². The van der Waals surface area contributed by atoms with E-state index in [1.165, 1.54) is 20.2 Å². The molecule has 0 radical (unpaired) electrons. The van der Waals surface area contributed by atoms with Crippen LogP contribution in [0.3, 0.4) is 0 Å². The molecule has 0 heterocycles. The monoisotopic (exact) mass is 443 g/mol. The molecule has 0 atom stereocenters. The summed E-state index contributed by atoms with van der Waals surface area (Å²) in [6.07, 6.45) is -13.0. The molecule has 7 heteroatoms. The zero-order chi connectivity index (χ0) is 22.2. The van der Waals surface area contributed by atoms with Crippen LogP contribution < -0.4 is 0 Å². The highest BCUT2D eigenvalue weighted by molar-refractivity contribution is 7.97. The van der Waals surface area contributed by atoms with Crippen LogP contribution >= 0.6 is 0 Å². The SMILES string of the molecule is Cc1ccc([S+](c2ccccc2)c2ccccc2)cc1.FC(F)(F)CCC(F)(F)F. The van der Waals surface area contributed by atoms with Crippen molar-refractivity contribution in [2.24, 2.45) is 0 Å². The lowest BCUT2D eigenvalue weighted by molar-refractivity contribution is -0.183. The lowest BCUT2D eigenvalue weighted by Crippen LogP contribution is -2.15. The van der Waals surface area contributed by atoms with Crippen LogP contribution in [0.2, 0.25) is 0 Å². The summed E-state index contributed by atoms with van der Waals surface area (Å²) in [5, 5.41) is 0. The van der Waals surface area contributed by atoms with Crippen molar-refractivity contribution in [3.05, 3.63) is 90.5 Å². The van der Waals surface area contributed by atoms with E-state index in [1.54, 1.807) is 0 Å². The topological polar surface area (TPSA) is 0 Å². The van der Waals surface area contributed by atoms with E-state index in [0.717, 1.165) is 0 Å². The summed E-state index contributed by atoms with van der Waals surface area (Å²) in [5.74, 6) is 0. The molecule has 0 saturated heterocycles. The summed E-state index contributed by atoms with van der Waals surface area (Å²) >= 11 is 0. The molecule has 3 aromatic carbocycles. The molecule has 0 saturated carbocycles. The van der Waals surface area contributed by atoms with Gasteiger partial charge in [-0.05, 0) is 43.3 Å². The number of aryl methyl sites for hydroxylation is 1. The molecule has 160 valence electrons. The van der Waals surface area contributed by atoms with E-state index >= 15 is 0 Å². The lowest BCUT2D eigenvalue weighted by atomic mass is 10.2. The maximum Gasteiger partial charge on any atom is 0.389 e. The fourth-order valence-corrected chi connectivity index (χ4v) is 4.56. The quantitative estimate of drug-likeness (QED) is 0.283. The third kappa shape index (κ3) is 8.53. The molecule has 3 aromatic rings. The Labute approximate surface area is 174 Å². The van der Waals surface area contributed by atoms with Gasteiger partial charge in [-0.15, -0.1) is 0 Å². The predicted molar refractivity (Wildman–Crippen MR) is 108 cm³/mol. The Morgan fingerprint density at radius 1 is 0.533 bits per heavy atom. The Balaban J connectivity index is 0.000000274. The van der Waals surface area contributed by atoms with E-state index in [1.807, 2.05) is 0 Å². The molecule has 0 amide bonds. The third-order valence-electron chi connectivity index (χ3n) is 3.91. The summed E-state index contributed by atoms with van der Waals surface area (Å²) in [6.45, 7) is 2.13. The van der Waals surface area contributed by atoms with Crippen molar-refractivity contribution < 1.29 is 26.3 Å². The molecule has 3 rings (SSSR count). The molecule has 0 spiro atoms. The summed E-state index contributed by atoms with van der Waals surface area (Å²) in [6, 6.07) is 30.4. The van der Waals surface area contributed by atoms with E-state index in [0.29, 0.717) is 0 Å². The van der Waals surface area contributed by atoms with Gasteiger partial charge in [0, 0.05) is 0 Å². The zero-order valence-electron chi connectivity index (χ0n) is 16.2. The van der Waals surface area contributed by atoms with Gasteiger partial charge in [0.1, 0.15) is 0 Å². The molecular weight excluding hydrogens is 422 g/mol. The molecule has 0 aromatic heterocycles. The highest BCUT2D eigenvalue weighted by atomic mass is 32.2. The number of benzene rings is 3. The van der Waals surface area contributed by atoms with E-state index in [-0.39, 0.29) is 10.9 Å². The molecule has 0 fully saturated rings. The highest BCUT2D eigenvalue weighted by Crippen LogP contribution is 2.31. The second-order valence-electron chi connectivity index (χ2n) is 6.48. The number of hydrogen-bond acceptors (Lipinski definition) is 0. The first kappa shape index (κ1) is 23.9. The average molecular weight is 443 g/mol. The minimum atomic E-state index is -4.71. The Bertz CT molecular complexity index is 818. The Kier molecular flexibility index (Phi) is 8.41. The summed E-state index contributed by atoms with van der Waals surface area (Å²) in [7, 11) is -0.0229. The second kappa shape index (κ2) is 10.6. The van der Waals surface area contributed by atoms with Gasteiger partial charge in [0.05, 0.1) is 23.7 Å². The van der Waals surface area contributed by atoms with Gasteiger partial charge in [0.15, 0.2) is 14.7 Å². The molecule has 0 N–H and O–H groups in total. The fourth-order valence-electron chi connectivity index (χ4n) is 2.48. The minimum absolute atomic E-state index is 0.0229. The number of alkyl halides is 6. The Hall–Kier alpha value is -2.41. The summed E-state index contributed by atoms with van der Waals surface area (Å²) < 4.78 is 66.5. The van der Waals surface area contributed by atoms with E-state index in [9.17, 15) is 26.3 Å². The van der Waals surface area contributed by atoms with Crippen LogP contribution in [0.25, 0.3) is 0 Å². The predicted octanol–water partition coefficient (Wildman–Crippen LogP) is 7.98. The normalized spacial score (nSPS) is 11.7. The maximum absolute atomic E-state index is 11.1. The molecule has 0 bridgehead atoms. The van der Waals surface area contributed by atoms with Crippen LogP contribution in [0, 0.1) is 6.92 Å². The van der Waals surface area contributed by atoms with Crippen molar-refractivity contribution in [1.29, 1.82) is 0 Å². The largest absolute Gasteiger partial charge is 0.389 e. The number of hydrogen-bond donors (Lipinski definition) is 0. The van der Waals surface area contributed by atoms with Gasteiger partial charge in [0.25, 0.3) is 0 Å². The van der Waals surface area contributed by atoms with E-state index in [2.05, 4.69) is 91.9 Å². The first-order chi connectivity index (χ1) is 14.1. The van der Waals surface area contributed by atoms with Crippen LogP contribution in [0.1, 0.15) is 18.4 Å². The van der Waals surface area contributed by atoms with Crippen molar-refractivity contribution in [2.45, 2.75) is 46.8 Å². The molecule has 0 aliphatic carbocycles. The van der Waals surface area contributed by atoms with Crippen molar-refractivity contribution in [3.63, 3.8) is 0 Å². The fraction of sp³-hybridized carbons (Fsp3) is 0.217. The van der Waals surface area contributed by atoms with Gasteiger partial charge in [-0.2, -0.15) is 26.3 Å². The van der Waals surface area contributed by atoms with Gasteiger partial charge in [0.2, 0.25) is 0 Å². The molecule has 0 unspecified atom stereocenters. The van der Waals surface area contributed by atoms with Gasteiger partial charge < -0.3 is 0 Å². The van der Waals surface area contributed by atoms with Gasteiger partial charge in [-0.1, -0.05) is 54.1 Å². The van der Waals surface area contributed by atoms with Gasteiger partial charge in [-0.25, -0.2) is 0 Å². The maximum atomic E-state index is 11.1. The van der Waals surface area contributed by atoms with Crippen molar-refractivity contribution in [1.82, 2.24) is 0 Å². The van der Waals surface area contributed by atoms with E-state index in [4.69, 9.17) is 0 Å². The van der Waals surface area contributed by atoms with Crippen LogP contribution in [-0.2, 0) is 10.9 Å².